The molecule has 4 unspecified atom stereocenters. The molecule has 4 heteroatoms. The largest absolute Gasteiger partial charge is 0.481 e. The summed E-state index contributed by atoms with van der Waals surface area (Å²) in [6.07, 6.45) is 5.11. The molecule has 2 fully saturated rings. The van der Waals surface area contributed by atoms with Gasteiger partial charge in [0.15, 0.2) is 0 Å². The predicted molar refractivity (Wildman–Crippen MR) is 110 cm³/mol. The Bertz CT molecular complexity index is 1270. The van der Waals surface area contributed by atoms with Crippen molar-refractivity contribution in [3.8, 4) is 5.75 Å². The number of ether oxygens (including phenoxy) is 1. The Morgan fingerprint density at radius 3 is 2.52 bits per heavy atom. The van der Waals surface area contributed by atoms with Crippen molar-refractivity contribution in [3.05, 3.63) is 66.2 Å². The fourth-order valence-electron chi connectivity index (χ4n) is 6.12. The number of carbonyl (C=O) groups excluding carboxylic acids is 1. The zero-order valence-corrected chi connectivity index (χ0v) is 16.0. The lowest BCUT2D eigenvalue weighted by Crippen LogP contribution is -2.35. The molecular formula is C25H20O4. The van der Waals surface area contributed by atoms with Crippen molar-refractivity contribution < 1.29 is 19.4 Å². The lowest BCUT2D eigenvalue weighted by atomic mass is 9.83. The number of allylic oxidation sites excluding steroid dienone is 2. The first kappa shape index (κ1) is 16.8. The van der Waals surface area contributed by atoms with Gasteiger partial charge in [0.1, 0.15) is 5.75 Å². The van der Waals surface area contributed by atoms with Crippen LogP contribution in [-0.2, 0) is 9.59 Å². The van der Waals surface area contributed by atoms with Gasteiger partial charge in [-0.2, -0.15) is 0 Å². The summed E-state index contributed by atoms with van der Waals surface area (Å²) in [5.41, 5.74) is -0.884. The number of hydrogen-bond acceptors (Lipinski definition) is 3. The minimum Gasteiger partial charge on any atom is -0.481 e. The van der Waals surface area contributed by atoms with Gasteiger partial charge in [-0.15, -0.1) is 0 Å². The fourth-order valence-corrected chi connectivity index (χ4v) is 6.12. The number of esters is 1. The van der Waals surface area contributed by atoms with Crippen molar-refractivity contribution in [3.63, 3.8) is 0 Å². The van der Waals surface area contributed by atoms with E-state index in [0.717, 1.165) is 33.5 Å². The average Bonchev–Trinajstić information content (AvgIpc) is 3.13. The number of carbonyl (C=O) groups is 2. The molecule has 0 aromatic heterocycles. The standard InChI is InChI=1S/C25H20O4/c1-14-5-4-7-16-11-15-6-2-3-8-19(15)21(20(14)16)29-23(28)25-13-24(25,22(26)27)17-9-10-18(25)12-17/h2-11,17-18H,12-13H2,1H3,(H,26,27). The maximum Gasteiger partial charge on any atom is 0.319 e. The van der Waals surface area contributed by atoms with E-state index >= 15 is 0 Å². The minimum atomic E-state index is -0.987. The van der Waals surface area contributed by atoms with E-state index in [1.807, 2.05) is 61.5 Å². The highest BCUT2D eigenvalue weighted by Gasteiger charge is 2.86. The van der Waals surface area contributed by atoms with Gasteiger partial charge in [-0.05, 0) is 54.0 Å². The van der Waals surface area contributed by atoms with Crippen LogP contribution >= 0.6 is 0 Å². The summed E-state index contributed by atoms with van der Waals surface area (Å²) in [6, 6.07) is 16.0. The van der Waals surface area contributed by atoms with Gasteiger partial charge in [-0.25, -0.2) is 0 Å². The molecule has 0 spiro atoms. The number of hydrogen-bond donors (Lipinski definition) is 1. The van der Waals surface area contributed by atoms with Crippen molar-refractivity contribution in [2.24, 2.45) is 22.7 Å². The summed E-state index contributed by atoms with van der Waals surface area (Å²) in [7, 11) is 0. The van der Waals surface area contributed by atoms with Gasteiger partial charge >= 0.3 is 11.9 Å². The third-order valence-corrected chi connectivity index (χ3v) is 7.57. The third kappa shape index (κ3) is 1.85. The zero-order chi connectivity index (χ0) is 20.0. The van der Waals surface area contributed by atoms with Crippen LogP contribution in [0.5, 0.6) is 5.75 Å². The van der Waals surface area contributed by atoms with Gasteiger partial charge in [-0.3, -0.25) is 9.59 Å². The van der Waals surface area contributed by atoms with E-state index in [0.29, 0.717) is 12.2 Å². The molecule has 3 aliphatic carbocycles. The monoisotopic (exact) mass is 384 g/mol. The quantitative estimate of drug-likeness (QED) is 0.303. The number of aryl methyl sites for hydroxylation is 1. The number of fused-ring (bicyclic) bond motifs is 7. The molecule has 3 aromatic rings. The van der Waals surface area contributed by atoms with E-state index in [1.54, 1.807) is 0 Å². The zero-order valence-electron chi connectivity index (χ0n) is 16.0. The first-order valence-electron chi connectivity index (χ1n) is 10.0. The molecule has 1 N–H and O–H groups in total. The molecule has 0 aliphatic heterocycles. The van der Waals surface area contributed by atoms with Gasteiger partial charge in [0, 0.05) is 10.8 Å². The van der Waals surface area contributed by atoms with Crippen molar-refractivity contribution in [1.29, 1.82) is 0 Å². The lowest BCUT2D eigenvalue weighted by Gasteiger charge is -2.23. The van der Waals surface area contributed by atoms with E-state index in [-0.39, 0.29) is 11.8 Å². The number of rotatable bonds is 3. The van der Waals surface area contributed by atoms with Crippen LogP contribution in [0.4, 0.5) is 0 Å². The minimum absolute atomic E-state index is 0.0431. The summed E-state index contributed by atoms with van der Waals surface area (Å²) in [5, 5.41) is 13.8. The molecule has 0 heterocycles. The maximum atomic E-state index is 13.6. The van der Waals surface area contributed by atoms with Crippen molar-refractivity contribution in [1.82, 2.24) is 0 Å². The highest BCUT2D eigenvalue weighted by molar-refractivity contribution is 6.08. The molecule has 4 atom stereocenters. The van der Waals surface area contributed by atoms with Crippen LogP contribution < -0.4 is 4.74 Å². The van der Waals surface area contributed by atoms with Crippen LogP contribution in [0, 0.1) is 29.6 Å². The van der Waals surface area contributed by atoms with Gasteiger partial charge in [-0.1, -0.05) is 54.6 Å². The third-order valence-electron chi connectivity index (χ3n) is 7.57. The SMILES string of the molecule is Cc1cccc2cc3ccccc3c(OC(=O)C34CC3(C(=O)O)C3C=CC4C3)c12. The summed E-state index contributed by atoms with van der Waals surface area (Å²) >= 11 is 0. The highest BCUT2D eigenvalue weighted by Crippen LogP contribution is 2.81. The van der Waals surface area contributed by atoms with Crippen LogP contribution in [0.1, 0.15) is 18.4 Å². The highest BCUT2D eigenvalue weighted by atomic mass is 16.5. The number of carboxylic acids is 1. The normalized spacial score (nSPS) is 31.2. The van der Waals surface area contributed by atoms with Crippen LogP contribution in [0.15, 0.2) is 60.7 Å². The molecule has 0 radical (unpaired) electrons. The topological polar surface area (TPSA) is 63.6 Å². The molecule has 0 amide bonds. The van der Waals surface area contributed by atoms with Gasteiger partial charge in [0.05, 0.1) is 10.8 Å². The Kier molecular flexibility index (Phi) is 3.05. The average molecular weight is 384 g/mol. The molecular weight excluding hydrogens is 364 g/mol. The second-order valence-corrected chi connectivity index (χ2v) is 8.75. The Morgan fingerprint density at radius 1 is 1.00 bits per heavy atom. The molecule has 144 valence electrons. The van der Waals surface area contributed by atoms with E-state index in [9.17, 15) is 14.7 Å². The summed E-state index contributed by atoms with van der Waals surface area (Å²) < 4.78 is 6.14. The molecule has 6 rings (SSSR count). The van der Waals surface area contributed by atoms with Gasteiger partial charge < -0.3 is 9.84 Å². The second-order valence-electron chi connectivity index (χ2n) is 8.75. The molecule has 2 bridgehead atoms. The van der Waals surface area contributed by atoms with Crippen LogP contribution in [0.2, 0.25) is 0 Å². The Morgan fingerprint density at radius 2 is 1.72 bits per heavy atom. The van der Waals surface area contributed by atoms with Crippen molar-refractivity contribution in [2.45, 2.75) is 19.8 Å². The Balaban J connectivity index is 1.53. The predicted octanol–water partition coefficient (Wildman–Crippen LogP) is 4.87. The second kappa shape index (κ2) is 5.26. The van der Waals surface area contributed by atoms with Gasteiger partial charge in [0.25, 0.3) is 0 Å². The summed E-state index contributed by atoms with van der Waals surface area (Å²) in [6.45, 7) is 2.01. The smallest absolute Gasteiger partial charge is 0.319 e. The Hall–Kier alpha value is -3.14. The number of benzene rings is 3. The first-order valence-corrected chi connectivity index (χ1v) is 10.0. The first-order chi connectivity index (χ1) is 14.0. The maximum absolute atomic E-state index is 13.6. The lowest BCUT2D eigenvalue weighted by molar-refractivity contribution is -0.152. The molecule has 2 saturated carbocycles. The van der Waals surface area contributed by atoms with E-state index in [2.05, 4.69) is 6.07 Å². The van der Waals surface area contributed by atoms with E-state index in [4.69, 9.17) is 4.74 Å². The molecule has 4 nitrogen and oxygen atoms in total. The number of carboxylic acid groups (broad SMARTS) is 1. The van der Waals surface area contributed by atoms with Crippen molar-refractivity contribution >= 4 is 33.5 Å². The molecule has 29 heavy (non-hydrogen) atoms. The summed E-state index contributed by atoms with van der Waals surface area (Å²) in [5.74, 6) is -0.821. The Labute approximate surface area is 167 Å². The number of aliphatic carboxylic acids is 1. The van der Waals surface area contributed by atoms with E-state index < -0.39 is 22.8 Å². The molecule has 3 aliphatic rings. The van der Waals surface area contributed by atoms with Gasteiger partial charge in [0.2, 0.25) is 0 Å². The van der Waals surface area contributed by atoms with Crippen molar-refractivity contribution in [2.75, 3.05) is 0 Å². The molecule has 3 aromatic carbocycles. The molecule has 0 saturated heterocycles. The van der Waals surface area contributed by atoms with Crippen LogP contribution in [0.3, 0.4) is 0 Å². The van der Waals surface area contributed by atoms with E-state index in [1.165, 1.54) is 0 Å². The summed E-state index contributed by atoms with van der Waals surface area (Å²) in [4.78, 5) is 25.7. The van der Waals surface area contributed by atoms with Crippen LogP contribution in [0.25, 0.3) is 21.5 Å². The fraction of sp³-hybridized carbons (Fsp3) is 0.280. The van der Waals surface area contributed by atoms with Crippen LogP contribution in [-0.4, -0.2) is 17.0 Å².